The van der Waals surface area contributed by atoms with E-state index >= 15 is 0 Å². The number of hydrogen-bond donors (Lipinski definition) is 1. The number of amides is 1. The first-order valence-corrected chi connectivity index (χ1v) is 8.51. The van der Waals surface area contributed by atoms with Gasteiger partial charge in [-0.1, -0.05) is 23.2 Å². The topological polar surface area (TPSA) is 32.3 Å². The van der Waals surface area contributed by atoms with Crippen molar-refractivity contribution in [3.05, 3.63) is 50.1 Å². The minimum absolute atomic E-state index is 0.0964. The molecule has 1 atom stereocenters. The van der Waals surface area contributed by atoms with Crippen molar-refractivity contribution in [1.82, 2.24) is 4.90 Å². The number of carbonyl (C=O) groups is 1. The van der Waals surface area contributed by atoms with E-state index in [0.29, 0.717) is 15.7 Å². The lowest BCUT2D eigenvalue weighted by atomic mass is 10.2. The fraction of sp³-hybridized carbons (Fsp3) is 0.312. The highest BCUT2D eigenvalue weighted by atomic mass is 35.5. The predicted octanol–water partition coefficient (Wildman–Crippen LogP) is 4.82. The fourth-order valence-corrected chi connectivity index (χ4v) is 3.38. The van der Waals surface area contributed by atoms with Crippen LogP contribution in [0.15, 0.2) is 29.6 Å². The summed E-state index contributed by atoms with van der Waals surface area (Å²) in [5.41, 5.74) is 1.83. The Balaban J connectivity index is 2.00. The van der Waals surface area contributed by atoms with Gasteiger partial charge in [0.1, 0.15) is 0 Å². The maximum absolute atomic E-state index is 12.4. The Kier molecular flexibility index (Phi) is 5.87. The van der Waals surface area contributed by atoms with Crippen LogP contribution in [0.25, 0.3) is 0 Å². The number of halogens is 2. The fourth-order valence-electron chi connectivity index (χ4n) is 1.96. The third-order valence-electron chi connectivity index (χ3n) is 3.59. The summed E-state index contributed by atoms with van der Waals surface area (Å²) in [6.07, 6.45) is 0. The van der Waals surface area contributed by atoms with Crippen LogP contribution in [0, 0.1) is 6.92 Å². The predicted molar refractivity (Wildman–Crippen MR) is 95.1 cm³/mol. The summed E-state index contributed by atoms with van der Waals surface area (Å²) in [4.78, 5) is 15.6. The summed E-state index contributed by atoms with van der Waals surface area (Å²) in [5, 5.41) is 5.89. The molecular formula is C16H18Cl2N2OS. The standard InChI is InChI=1S/C16H18Cl2N2OS/c1-10-6-7-22-15(10)9-20(3)11(2)16(21)19-14-5-4-12(17)8-13(14)18/h4-8,11H,9H2,1-3H3,(H,19,21)/t11-/m0/s1. The maximum Gasteiger partial charge on any atom is 0.241 e. The maximum atomic E-state index is 12.4. The van der Waals surface area contributed by atoms with Crippen LogP contribution in [0.4, 0.5) is 5.69 Å². The molecule has 0 aliphatic heterocycles. The Bertz CT molecular complexity index is 672. The summed E-state index contributed by atoms with van der Waals surface area (Å²) in [6.45, 7) is 4.70. The Morgan fingerprint density at radius 3 is 2.68 bits per heavy atom. The molecule has 1 aromatic carbocycles. The highest BCUT2D eigenvalue weighted by molar-refractivity contribution is 7.10. The van der Waals surface area contributed by atoms with Gasteiger partial charge < -0.3 is 5.32 Å². The van der Waals surface area contributed by atoms with E-state index in [0.717, 1.165) is 6.54 Å². The number of nitrogens with zero attached hydrogens (tertiary/aromatic N) is 1. The first-order valence-electron chi connectivity index (χ1n) is 6.87. The molecule has 1 aromatic heterocycles. The number of anilines is 1. The van der Waals surface area contributed by atoms with Gasteiger partial charge in [0.2, 0.25) is 5.91 Å². The molecule has 0 bridgehead atoms. The van der Waals surface area contributed by atoms with Crippen LogP contribution in [-0.4, -0.2) is 23.9 Å². The summed E-state index contributed by atoms with van der Waals surface area (Å²) in [6, 6.07) is 6.84. The van der Waals surface area contributed by atoms with Gasteiger partial charge in [0.15, 0.2) is 0 Å². The van der Waals surface area contributed by atoms with Gasteiger partial charge in [0.05, 0.1) is 16.8 Å². The highest BCUT2D eigenvalue weighted by Crippen LogP contribution is 2.26. The van der Waals surface area contributed by atoms with E-state index in [1.807, 2.05) is 18.9 Å². The molecular weight excluding hydrogens is 339 g/mol. The molecule has 22 heavy (non-hydrogen) atoms. The zero-order chi connectivity index (χ0) is 16.3. The van der Waals surface area contributed by atoms with Gasteiger partial charge in [-0.25, -0.2) is 0 Å². The summed E-state index contributed by atoms with van der Waals surface area (Å²) < 4.78 is 0. The first kappa shape index (κ1) is 17.3. The van der Waals surface area contributed by atoms with Crippen LogP contribution < -0.4 is 5.32 Å². The molecule has 0 spiro atoms. The van der Waals surface area contributed by atoms with Crippen molar-refractivity contribution in [2.75, 3.05) is 12.4 Å². The van der Waals surface area contributed by atoms with Crippen molar-refractivity contribution in [3.63, 3.8) is 0 Å². The Hall–Kier alpha value is -1.07. The Labute approximate surface area is 144 Å². The summed E-state index contributed by atoms with van der Waals surface area (Å²) in [5.74, 6) is -0.0964. The second-order valence-electron chi connectivity index (χ2n) is 5.23. The lowest BCUT2D eigenvalue weighted by Gasteiger charge is -2.24. The number of aryl methyl sites for hydroxylation is 1. The molecule has 0 radical (unpaired) electrons. The Morgan fingerprint density at radius 2 is 2.09 bits per heavy atom. The number of carbonyl (C=O) groups excluding carboxylic acids is 1. The minimum Gasteiger partial charge on any atom is -0.323 e. The summed E-state index contributed by atoms with van der Waals surface area (Å²) in [7, 11) is 1.94. The van der Waals surface area contributed by atoms with Crippen LogP contribution in [0.5, 0.6) is 0 Å². The molecule has 1 amide bonds. The minimum atomic E-state index is -0.270. The molecule has 0 saturated heterocycles. The second kappa shape index (κ2) is 7.47. The van der Waals surface area contributed by atoms with Crippen molar-refractivity contribution in [1.29, 1.82) is 0 Å². The number of thiophene rings is 1. The third-order valence-corrected chi connectivity index (χ3v) is 5.15. The van der Waals surface area contributed by atoms with Gasteiger partial charge in [-0.3, -0.25) is 9.69 Å². The van der Waals surface area contributed by atoms with Gasteiger partial charge >= 0.3 is 0 Å². The van der Waals surface area contributed by atoms with Crippen LogP contribution in [0.2, 0.25) is 10.0 Å². The number of nitrogens with one attached hydrogen (secondary N) is 1. The van der Waals surface area contributed by atoms with E-state index in [4.69, 9.17) is 23.2 Å². The molecule has 118 valence electrons. The summed E-state index contributed by atoms with van der Waals surface area (Å²) >= 11 is 13.6. The van der Waals surface area contributed by atoms with Crippen LogP contribution >= 0.6 is 34.5 Å². The van der Waals surface area contributed by atoms with Gasteiger partial charge in [-0.2, -0.15) is 0 Å². The molecule has 2 rings (SSSR count). The zero-order valence-corrected chi connectivity index (χ0v) is 15.0. The number of benzene rings is 1. The molecule has 0 unspecified atom stereocenters. The van der Waals surface area contributed by atoms with Crippen molar-refractivity contribution >= 4 is 46.1 Å². The molecule has 1 heterocycles. The molecule has 0 aliphatic rings. The first-order chi connectivity index (χ1) is 10.4. The highest BCUT2D eigenvalue weighted by Gasteiger charge is 2.20. The second-order valence-corrected chi connectivity index (χ2v) is 7.08. The van der Waals surface area contributed by atoms with Gasteiger partial charge in [0, 0.05) is 16.4 Å². The number of rotatable bonds is 5. The van der Waals surface area contributed by atoms with Crippen molar-refractivity contribution in [2.24, 2.45) is 0 Å². The molecule has 0 fully saturated rings. The zero-order valence-electron chi connectivity index (χ0n) is 12.7. The normalized spacial score (nSPS) is 12.5. The Morgan fingerprint density at radius 1 is 1.36 bits per heavy atom. The van der Waals surface area contributed by atoms with Crippen LogP contribution in [-0.2, 0) is 11.3 Å². The number of hydrogen-bond acceptors (Lipinski definition) is 3. The van der Waals surface area contributed by atoms with Crippen LogP contribution in [0.1, 0.15) is 17.4 Å². The number of likely N-dealkylation sites (N-methyl/N-ethyl adjacent to an activating group) is 1. The van der Waals surface area contributed by atoms with Gasteiger partial charge in [0.25, 0.3) is 0 Å². The monoisotopic (exact) mass is 356 g/mol. The van der Waals surface area contributed by atoms with Crippen molar-refractivity contribution in [3.8, 4) is 0 Å². The molecule has 1 N–H and O–H groups in total. The molecule has 3 nitrogen and oxygen atoms in total. The molecule has 0 aliphatic carbocycles. The van der Waals surface area contributed by atoms with E-state index < -0.39 is 0 Å². The lowest BCUT2D eigenvalue weighted by molar-refractivity contribution is -0.120. The molecule has 0 saturated carbocycles. The third kappa shape index (κ3) is 4.23. The molecule has 6 heteroatoms. The quantitative estimate of drug-likeness (QED) is 0.832. The smallest absolute Gasteiger partial charge is 0.241 e. The van der Waals surface area contributed by atoms with E-state index in [1.54, 1.807) is 29.5 Å². The SMILES string of the molecule is Cc1ccsc1CN(C)[C@@H](C)C(=O)Nc1ccc(Cl)cc1Cl. The van der Waals surface area contributed by atoms with Crippen molar-refractivity contribution < 1.29 is 4.79 Å². The van der Waals surface area contributed by atoms with E-state index in [2.05, 4.69) is 23.7 Å². The van der Waals surface area contributed by atoms with Gasteiger partial charge in [-0.15, -0.1) is 11.3 Å². The van der Waals surface area contributed by atoms with E-state index in [-0.39, 0.29) is 11.9 Å². The van der Waals surface area contributed by atoms with Crippen LogP contribution in [0.3, 0.4) is 0 Å². The average molecular weight is 357 g/mol. The molecule has 2 aromatic rings. The average Bonchev–Trinajstić information content (AvgIpc) is 2.86. The van der Waals surface area contributed by atoms with Gasteiger partial charge in [-0.05, 0) is 56.1 Å². The van der Waals surface area contributed by atoms with E-state index in [9.17, 15) is 4.79 Å². The largest absolute Gasteiger partial charge is 0.323 e. The lowest BCUT2D eigenvalue weighted by Crippen LogP contribution is -2.39. The van der Waals surface area contributed by atoms with E-state index in [1.165, 1.54) is 10.4 Å². The van der Waals surface area contributed by atoms with Crippen molar-refractivity contribution in [2.45, 2.75) is 26.4 Å².